The van der Waals surface area contributed by atoms with E-state index in [1.807, 2.05) is 30.3 Å². The molecule has 30 heavy (non-hydrogen) atoms. The van der Waals surface area contributed by atoms with E-state index in [1.165, 1.54) is 5.56 Å². The number of carbonyl (C=O) groups excluding carboxylic acids is 2. The molecule has 2 aromatic carbocycles. The molecule has 152 valence electrons. The van der Waals surface area contributed by atoms with Gasteiger partial charge in [0.25, 0.3) is 11.5 Å². The Hall–Kier alpha value is -2.80. The maximum absolute atomic E-state index is 13.3. The number of anilines is 1. The number of rotatable bonds is 6. The van der Waals surface area contributed by atoms with Crippen molar-refractivity contribution in [3.05, 3.63) is 102 Å². The summed E-state index contributed by atoms with van der Waals surface area (Å²) in [6.07, 6.45) is 6.90. The molecule has 1 aliphatic carbocycles. The number of fused-ring (bicyclic) bond motifs is 1. The van der Waals surface area contributed by atoms with Crippen LogP contribution in [0.3, 0.4) is 0 Å². The number of aromatic nitrogens is 1. The number of ketones is 2. The van der Waals surface area contributed by atoms with Crippen molar-refractivity contribution in [2.45, 2.75) is 26.2 Å². The second kappa shape index (κ2) is 9.80. The van der Waals surface area contributed by atoms with Crippen molar-refractivity contribution in [3.8, 4) is 0 Å². The van der Waals surface area contributed by atoms with E-state index in [0.717, 1.165) is 24.9 Å². The third-order valence-electron chi connectivity index (χ3n) is 5.11. The number of unbranched alkanes of at least 4 members (excludes halogenated alkanes) is 1. The second-order valence-electron chi connectivity index (χ2n) is 7.14. The van der Waals surface area contributed by atoms with Gasteiger partial charge in [-0.1, -0.05) is 55.8 Å². The van der Waals surface area contributed by atoms with Crippen LogP contribution in [0, 0.1) is 0 Å². The standard InChI is InChI=1S/C25H22N2O2.HI/c1-2-3-9-18-12-14-19(15-13-18)26-22-23(27-16-7-4-8-17-27)25(29)21-11-6-5-10-20(21)24(22)28;/h4-8,10-17H,2-3,9H2,1H3;1H. The van der Waals surface area contributed by atoms with Gasteiger partial charge in [0.2, 0.25) is 5.78 Å². The molecule has 1 aliphatic rings. The zero-order chi connectivity index (χ0) is 20.2. The molecule has 3 aromatic rings. The van der Waals surface area contributed by atoms with Gasteiger partial charge in [-0.25, -0.2) is 0 Å². The Labute approximate surface area is 193 Å². The summed E-state index contributed by atoms with van der Waals surface area (Å²) < 4.78 is 1.70. The first-order valence-electron chi connectivity index (χ1n) is 9.94. The van der Waals surface area contributed by atoms with Gasteiger partial charge in [0.05, 0.1) is 0 Å². The minimum atomic E-state index is -0.179. The molecule has 5 heteroatoms. The minimum Gasteiger partial charge on any atom is -1.00 e. The molecule has 4 rings (SSSR count). The lowest BCUT2D eigenvalue weighted by atomic mass is 9.90. The summed E-state index contributed by atoms with van der Waals surface area (Å²) in [7, 11) is 0. The Kier molecular flexibility index (Phi) is 7.15. The molecule has 0 radical (unpaired) electrons. The highest BCUT2D eigenvalue weighted by Gasteiger charge is 2.38. The average molecular weight is 510 g/mol. The van der Waals surface area contributed by atoms with E-state index in [4.69, 9.17) is 0 Å². The smallest absolute Gasteiger partial charge is 0.286 e. The fourth-order valence-corrected chi connectivity index (χ4v) is 3.55. The van der Waals surface area contributed by atoms with Crippen LogP contribution in [-0.4, -0.2) is 11.6 Å². The van der Waals surface area contributed by atoms with Crippen LogP contribution < -0.4 is 33.9 Å². The van der Waals surface area contributed by atoms with Crippen LogP contribution in [0.15, 0.2) is 84.8 Å². The number of benzene rings is 2. The fourth-order valence-electron chi connectivity index (χ4n) is 3.55. The Morgan fingerprint density at radius 2 is 1.43 bits per heavy atom. The summed E-state index contributed by atoms with van der Waals surface area (Å²) in [5, 5.41) is 3.22. The highest BCUT2D eigenvalue weighted by molar-refractivity contribution is 6.36. The number of hydrogen-bond donors (Lipinski definition) is 1. The summed E-state index contributed by atoms with van der Waals surface area (Å²) in [6.45, 7) is 2.18. The first-order chi connectivity index (χ1) is 14.2. The first kappa shape index (κ1) is 21.9. The molecule has 4 nitrogen and oxygen atoms in total. The van der Waals surface area contributed by atoms with Crippen molar-refractivity contribution in [2.24, 2.45) is 0 Å². The van der Waals surface area contributed by atoms with Crippen molar-refractivity contribution in [1.82, 2.24) is 0 Å². The van der Waals surface area contributed by atoms with Gasteiger partial charge >= 0.3 is 0 Å². The molecular formula is C25H23IN2O2. The third kappa shape index (κ3) is 4.36. The molecule has 1 N–H and O–H groups in total. The Bertz CT molecular complexity index is 1090. The van der Waals surface area contributed by atoms with Gasteiger partial charge in [-0.15, -0.1) is 0 Å². The molecule has 0 saturated carbocycles. The lowest BCUT2D eigenvalue weighted by Gasteiger charge is -2.18. The molecule has 1 heterocycles. The van der Waals surface area contributed by atoms with Crippen molar-refractivity contribution in [2.75, 3.05) is 5.32 Å². The maximum Gasteiger partial charge on any atom is 0.286 e. The topological polar surface area (TPSA) is 50.1 Å². The maximum atomic E-state index is 13.3. The van der Waals surface area contributed by atoms with Gasteiger partial charge in [-0.2, -0.15) is 4.57 Å². The van der Waals surface area contributed by atoms with Gasteiger partial charge < -0.3 is 29.3 Å². The van der Waals surface area contributed by atoms with Crippen molar-refractivity contribution in [1.29, 1.82) is 0 Å². The van der Waals surface area contributed by atoms with E-state index in [-0.39, 0.29) is 35.5 Å². The predicted octanol–water partition coefficient (Wildman–Crippen LogP) is 1.68. The van der Waals surface area contributed by atoms with Crippen LogP contribution in [0.4, 0.5) is 5.69 Å². The monoisotopic (exact) mass is 510 g/mol. The molecule has 0 unspecified atom stereocenters. The summed E-state index contributed by atoms with van der Waals surface area (Å²) in [5.74, 6) is -0.347. The summed E-state index contributed by atoms with van der Waals surface area (Å²) in [6, 6.07) is 20.6. The number of pyridine rings is 1. The zero-order valence-corrected chi connectivity index (χ0v) is 18.9. The SMILES string of the molecule is CCCCc1ccc(NC2=C([n+]3ccccc3)C(=O)c3ccccc3C2=O)cc1.[I-]. The first-order valence-corrected chi connectivity index (χ1v) is 9.94. The van der Waals surface area contributed by atoms with E-state index in [9.17, 15) is 9.59 Å². The van der Waals surface area contributed by atoms with Crippen LogP contribution in [0.2, 0.25) is 0 Å². The molecule has 0 amide bonds. The Morgan fingerprint density at radius 3 is 2.07 bits per heavy atom. The number of aryl methyl sites for hydroxylation is 1. The summed E-state index contributed by atoms with van der Waals surface area (Å²) >= 11 is 0. The number of Topliss-reactive ketones (excluding diaryl/α,β-unsaturated/α-hetero) is 2. The predicted molar refractivity (Wildman–Crippen MR) is 114 cm³/mol. The van der Waals surface area contributed by atoms with Crippen LogP contribution in [0.1, 0.15) is 46.0 Å². The number of nitrogens with one attached hydrogen (secondary N) is 1. The molecule has 0 spiro atoms. The average Bonchev–Trinajstić information content (AvgIpc) is 2.77. The largest absolute Gasteiger partial charge is 1.00 e. The second-order valence-corrected chi connectivity index (χ2v) is 7.14. The number of nitrogens with zero attached hydrogens (tertiary/aromatic N) is 1. The van der Waals surface area contributed by atoms with Crippen LogP contribution in [-0.2, 0) is 6.42 Å². The van der Waals surface area contributed by atoms with E-state index >= 15 is 0 Å². The quantitative estimate of drug-likeness (QED) is 0.406. The number of halogens is 1. The molecule has 0 fully saturated rings. The Balaban J connectivity index is 0.00000256. The number of allylic oxidation sites excluding steroid dienone is 2. The number of carbonyl (C=O) groups is 2. The van der Waals surface area contributed by atoms with Gasteiger partial charge in [0.15, 0.2) is 18.1 Å². The highest BCUT2D eigenvalue weighted by atomic mass is 127. The van der Waals surface area contributed by atoms with E-state index < -0.39 is 0 Å². The minimum absolute atomic E-state index is 0. The molecule has 0 atom stereocenters. The summed E-state index contributed by atoms with van der Waals surface area (Å²) in [4.78, 5) is 26.5. The fraction of sp³-hybridized carbons (Fsp3) is 0.160. The van der Waals surface area contributed by atoms with Gasteiger partial charge in [0, 0.05) is 28.9 Å². The molecule has 0 bridgehead atoms. The van der Waals surface area contributed by atoms with Crippen molar-refractivity contribution >= 4 is 23.0 Å². The van der Waals surface area contributed by atoms with E-state index in [2.05, 4.69) is 24.4 Å². The normalized spacial score (nSPS) is 13.0. The van der Waals surface area contributed by atoms with Gasteiger partial charge in [-0.3, -0.25) is 9.59 Å². The lowest BCUT2D eigenvalue weighted by Crippen LogP contribution is -3.00. The molecular weight excluding hydrogens is 487 g/mol. The molecule has 1 aromatic heterocycles. The summed E-state index contributed by atoms with van der Waals surface area (Å²) in [5.41, 5.74) is 3.55. The Morgan fingerprint density at radius 1 is 0.800 bits per heavy atom. The van der Waals surface area contributed by atoms with Gasteiger partial charge in [0.1, 0.15) is 0 Å². The molecule has 0 aliphatic heterocycles. The van der Waals surface area contributed by atoms with Crippen LogP contribution in [0.5, 0.6) is 0 Å². The van der Waals surface area contributed by atoms with E-state index in [1.54, 1.807) is 41.2 Å². The van der Waals surface area contributed by atoms with Crippen molar-refractivity contribution in [3.63, 3.8) is 0 Å². The van der Waals surface area contributed by atoms with Crippen LogP contribution in [0.25, 0.3) is 5.70 Å². The lowest BCUT2D eigenvalue weighted by molar-refractivity contribution is -0.577. The zero-order valence-electron chi connectivity index (χ0n) is 16.8. The van der Waals surface area contributed by atoms with Crippen molar-refractivity contribution < 1.29 is 38.1 Å². The van der Waals surface area contributed by atoms with E-state index in [0.29, 0.717) is 22.5 Å². The number of hydrogen-bond acceptors (Lipinski definition) is 3. The molecule has 0 saturated heterocycles. The third-order valence-corrected chi connectivity index (χ3v) is 5.11. The van der Waals surface area contributed by atoms with Gasteiger partial charge in [-0.05, 0) is 30.5 Å². The van der Waals surface area contributed by atoms with Crippen LogP contribution >= 0.6 is 0 Å². The highest BCUT2D eigenvalue weighted by Crippen LogP contribution is 2.27.